The maximum absolute atomic E-state index is 11.3. The molecule has 3 heteroatoms. The molecular formula is C10H12O2S. The first-order chi connectivity index (χ1) is 6.06. The van der Waals surface area contributed by atoms with Crippen molar-refractivity contribution in [2.75, 3.05) is 7.11 Å². The van der Waals surface area contributed by atoms with E-state index in [1.165, 1.54) is 7.11 Å². The van der Waals surface area contributed by atoms with Crippen LogP contribution in [0.1, 0.15) is 21.5 Å². The Morgan fingerprint density at radius 1 is 1.38 bits per heavy atom. The van der Waals surface area contributed by atoms with Crippen LogP contribution in [-0.4, -0.2) is 13.1 Å². The molecule has 1 aromatic rings. The van der Waals surface area contributed by atoms with Crippen LogP contribution < -0.4 is 0 Å². The number of esters is 1. The zero-order chi connectivity index (χ0) is 10.0. The van der Waals surface area contributed by atoms with Crippen molar-refractivity contribution in [2.24, 2.45) is 0 Å². The highest BCUT2D eigenvalue weighted by Gasteiger charge is 2.11. The maximum Gasteiger partial charge on any atom is 0.339 e. The summed E-state index contributed by atoms with van der Waals surface area (Å²) in [6.45, 7) is 3.86. The summed E-state index contributed by atoms with van der Waals surface area (Å²) in [4.78, 5) is 12.0. The molecule has 0 aliphatic heterocycles. The second-order valence-corrected chi connectivity index (χ2v) is 3.42. The van der Waals surface area contributed by atoms with Crippen molar-refractivity contribution < 1.29 is 9.53 Å². The SMILES string of the molecule is COC(=O)c1cc(C)cc(C)c1S. The van der Waals surface area contributed by atoms with Gasteiger partial charge in [-0.3, -0.25) is 0 Å². The molecule has 13 heavy (non-hydrogen) atoms. The Hall–Kier alpha value is -0.960. The topological polar surface area (TPSA) is 26.3 Å². The number of hydrogen-bond acceptors (Lipinski definition) is 3. The van der Waals surface area contributed by atoms with Crippen molar-refractivity contribution in [3.05, 3.63) is 28.8 Å². The summed E-state index contributed by atoms with van der Waals surface area (Å²) < 4.78 is 4.64. The van der Waals surface area contributed by atoms with E-state index < -0.39 is 0 Å². The first-order valence-electron chi connectivity index (χ1n) is 3.94. The molecule has 0 atom stereocenters. The third kappa shape index (κ3) is 2.04. The lowest BCUT2D eigenvalue weighted by molar-refractivity contribution is 0.0596. The van der Waals surface area contributed by atoms with Crippen molar-refractivity contribution in [3.63, 3.8) is 0 Å². The number of methoxy groups -OCH3 is 1. The van der Waals surface area contributed by atoms with E-state index in [0.717, 1.165) is 11.1 Å². The summed E-state index contributed by atoms with van der Waals surface area (Å²) in [6, 6.07) is 3.76. The van der Waals surface area contributed by atoms with E-state index in [4.69, 9.17) is 0 Å². The Kier molecular flexibility index (Phi) is 2.98. The molecule has 0 saturated carbocycles. The molecule has 0 unspecified atom stereocenters. The van der Waals surface area contributed by atoms with Gasteiger partial charge in [-0.1, -0.05) is 6.07 Å². The van der Waals surface area contributed by atoms with Gasteiger partial charge in [0.2, 0.25) is 0 Å². The van der Waals surface area contributed by atoms with E-state index in [1.54, 1.807) is 6.07 Å². The van der Waals surface area contributed by atoms with Gasteiger partial charge in [-0.05, 0) is 31.0 Å². The van der Waals surface area contributed by atoms with E-state index in [2.05, 4.69) is 17.4 Å². The van der Waals surface area contributed by atoms with Gasteiger partial charge in [0, 0.05) is 4.90 Å². The zero-order valence-corrected chi connectivity index (χ0v) is 8.81. The molecule has 0 fully saturated rings. The maximum atomic E-state index is 11.3. The quantitative estimate of drug-likeness (QED) is 0.551. The van der Waals surface area contributed by atoms with Crippen LogP contribution in [-0.2, 0) is 4.74 Å². The van der Waals surface area contributed by atoms with Gasteiger partial charge in [-0.2, -0.15) is 0 Å². The molecule has 0 spiro atoms. The Labute approximate surface area is 83.3 Å². The van der Waals surface area contributed by atoms with Gasteiger partial charge in [0.05, 0.1) is 12.7 Å². The number of benzene rings is 1. The van der Waals surface area contributed by atoms with E-state index >= 15 is 0 Å². The number of thiol groups is 1. The van der Waals surface area contributed by atoms with Gasteiger partial charge in [0.1, 0.15) is 0 Å². The van der Waals surface area contributed by atoms with Crippen molar-refractivity contribution in [1.82, 2.24) is 0 Å². The monoisotopic (exact) mass is 196 g/mol. The molecule has 1 rings (SSSR count). The average molecular weight is 196 g/mol. The lowest BCUT2D eigenvalue weighted by Crippen LogP contribution is -2.03. The molecule has 0 aliphatic carbocycles. The first-order valence-corrected chi connectivity index (χ1v) is 4.39. The van der Waals surface area contributed by atoms with Gasteiger partial charge < -0.3 is 4.74 Å². The van der Waals surface area contributed by atoms with E-state index in [0.29, 0.717) is 10.5 Å². The van der Waals surface area contributed by atoms with Crippen LogP contribution in [0.4, 0.5) is 0 Å². The lowest BCUT2D eigenvalue weighted by Gasteiger charge is -2.07. The van der Waals surface area contributed by atoms with Crippen molar-refractivity contribution in [2.45, 2.75) is 18.7 Å². The summed E-state index contributed by atoms with van der Waals surface area (Å²) in [7, 11) is 1.37. The Morgan fingerprint density at radius 3 is 2.54 bits per heavy atom. The van der Waals surface area contributed by atoms with Crippen molar-refractivity contribution in [3.8, 4) is 0 Å². The molecule has 0 amide bonds. The van der Waals surface area contributed by atoms with Crippen LogP contribution in [0.3, 0.4) is 0 Å². The minimum atomic E-state index is -0.336. The smallest absolute Gasteiger partial charge is 0.339 e. The predicted octanol–water partition coefficient (Wildman–Crippen LogP) is 2.38. The number of carbonyl (C=O) groups is 1. The summed E-state index contributed by atoms with van der Waals surface area (Å²) in [5.74, 6) is -0.336. The van der Waals surface area contributed by atoms with Gasteiger partial charge >= 0.3 is 5.97 Å². The number of rotatable bonds is 1. The number of hydrogen-bond donors (Lipinski definition) is 1. The molecule has 0 heterocycles. The van der Waals surface area contributed by atoms with Crippen molar-refractivity contribution >= 4 is 18.6 Å². The van der Waals surface area contributed by atoms with Gasteiger partial charge in [0.15, 0.2) is 0 Å². The Morgan fingerprint density at radius 2 is 2.00 bits per heavy atom. The molecule has 0 radical (unpaired) electrons. The Bertz CT molecular complexity index is 345. The largest absolute Gasteiger partial charge is 0.465 e. The summed E-state index contributed by atoms with van der Waals surface area (Å²) in [6.07, 6.45) is 0. The van der Waals surface area contributed by atoms with Crippen LogP contribution in [0.25, 0.3) is 0 Å². The molecule has 2 nitrogen and oxygen atoms in total. The fourth-order valence-electron chi connectivity index (χ4n) is 1.23. The summed E-state index contributed by atoms with van der Waals surface area (Å²) >= 11 is 4.25. The predicted molar refractivity (Wildman–Crippen MR) is 54.5 cm³/mol. The van der Waals surface area contributed by atoms with Crippen LogP contribution in [0.2, 0.25) is 0 Å². The molecule has 0 aromatic heterocycles. The number of ether oxygens (including phenoxy) is 1. The van der Waals surface area contributed by atoms with Crippen LogP contribution >= 0.6 is 12.6 Å². The van der Waals surface area contributed by atoms with Crippen LogP contribution in [0, 0.1) is 13.8 Å². The van der Waals surface area contributed by atoms with Crippen LogP contribution in [0.15, 0.2) is 17.0 Å². The normalized spacial score (nSPS) is 9.85. The summed E-state index contributed by atoms with van der Waals surface area (Å²) in [5, 5.41) is 0. The van der Waals surface area contributed by atoms with Gasteiger partial charge in [-0.15, -0.1) is 12.6 Å². The number of aryl methyl sites for hydroxylation is 2. The highest BCUT2D eigenvalue weighted by atomic mass is 32.1. The average Bonchev–Trinajstić information content (AvgIpc) is 2.10. The van der Waals surface area contributed by atoms with Gasteiger partial charge in [0.25, 0.3) is 0 Å². The van der Waals surface area contributed by atoms with Crippen molar-refractivity contribution in [1.29, 1.82) is 0 Å². The summed E-state index contributed by atoms with van der Waals surface area (Å²) in [5.41, 5.74) is 2.56. The highest BCUT2D eigenvalue weighted by molar-refractivity contribution is 7.80. The molecule has 0 saturated heterocycles. The second kappa shape index (κ2) is 3.83. The minimum Gasteiger partial charge on any atom is -0.465 e. The molecule has 0 bridgehead atoms. The third-order valence-corrected chi connectivity index (χ3v) is 2.44. The standard InChI is InChI=1S/C10H12O2S/c1-6-4-7(2)9(13)8(5-6)10(11)12-3/h4-5,13H,1-3H3. The zero-order valence-electron chi connectivity index (χ0n) is 7.92. The molecule has 0 N–H and O–H groups in total. The molecular weight excluding hydrogens is 184 g/mol. The third-order valence-electron chi connectivity index (χ3n) is 1.85. The van der Waals surface area contributed by atoms with Crippen LogP contribution in [0.5, 0.6) is 0 Å². The van der Waals surface area contributed by atoms with E-state index in [1.807, 2.05) is 19.9 Å². The molecule has 0 aliphatic rings. The highest BCUT2D eigenvalue weighted by Crippen LogP contribution is 2.21. The molecule has 1 aromatic carbocycles. The van der Waals surface area contributed by atoms with Gasteiger partial charge in [-0.25, -0.2) is 4.79 Å². The molecule has 70 valence electrons. The number of carbonyl (C=O) groups excluding carboxylic acids is 1. The Balaban J connectivity index is 3.28. The fourth-order valence-corrected chi connectivity index (χ4v) is 1.45. The second-order valence-electron chi connectivity index (χ2n) is 2.97. The van der Waals surface area contributed by atoms with E-state index in [-0.39, 0.29) is 5.97 Å². The first kappa shape index (κ1) is 10.1. The van der Waals surface area contributed by atoms with E-state index in [9.17, 15) is 4.79 Å². The fraction of sp³-hybridized carbons (Fsp3) is 0.300. The minimum absolute atomic E-state index is 0.336. The lowest BCUT2D eigenvalue weighted by atomic mass is 10.1.